The van der Waals surface area contributed by atoms with Gasteiger partial charge in [0.05, 0.1) is 23.5 Å². The highest BCUT2D eigenvalue weighted by molar-refractivity contribution is 6.31. The molecule has 20 heavy (non-hydrogen) atoms. The molecule has 2 aromatic heterocycles. The second kappa shape index (κ2) is 6.09. The lowest BCUT2D eigenvalue weighted by atomic mass is 10.4. The number of rotatable bonds is 5. The van der Waals surface area contributed by atoms with Crippen LogP contribution in [0.2, 0.25) is 5.02 Å². The summed E-state index contributed by atoms with van der Waals surface area (Å²) in [6, 6.07) is 0. The predicted molar refractivity (Wildman–Crippen MR) is 79.0 cm³/mol. The molecular weight excluding hydrogens is 278 g/mol. The Labute approximate surface area is 123 Å². The summed E-state index contributed by atoms with van der Waals surface area (Å²) in [6.45, 7) is 6.64. The molecule has 0 spiro atoms. The normalized spacial score (nSPS) is 10.7. The third-order valence-electron chi connectivity index (χ3n) is 2.94. The fourth-order valence-electron chi connectivity index (χ4n) is 1.90. The number of halogens is 1. The Bertz CT molecular complexity index is 611. The topological polar surface area (TPSA) is 64.9 Å². The first kappa shape index (κ1) is 14.6. The molecule has 6 nitrogen and oxygen atoms in total. The maximum Gasteiger partial charge on any atom is 0.206 e. The first-order chi connectivity index (χ1) is 9.60. The number of nitrogens with zero attached hydrogens (tertiary/aromatic N) is 4. The molecule has 0 aliphatic heterocycles. The first-order valence-corrected chi connectivity index (χ1v) is 6.82. The lowest BCUT2D eigenvalue weighted by Crippen LogP contribution is -2.10. The number of aryl methyl sites for hydroxylation is 1. The zero-order chi connectivity index (χ0) is 14.7. The van der Waals surface area contributed by atoms with E-state index in [1.54, 1.807) is 11.8 Å². The molecule has 2 rings (SSSR count). The van der Waals surface area contributed by atoms with Crippen molar-refractivity contribution in [1.82, 2.24) is 19.7 Å². The molecule has 108 valence electrons. The Morgan fingerprint density at radius 1 is 1.35 bits per heavy atom. The predicted octanol–water partition coefficient (Wildman–Crippen LogP) is 2.76. The number of ether oxygens (including phenoxy) is 1. The van der Waals surface area contributed by atoms with Crippen molar-refractivity contribution in [3.8, 4) is 11.6 Å². The molecule has 0 amide bonds. The molecule has 0 atom stereocenters. The molecule has 0 aliphatic rings. The lowest BCUT2D eigenvalue weighted by molar-refractivity contribution is 0.408. The number of anilines is 1. The van der Waals surface area contributed by atoms with Gasteiger partial charge >= 0.3 is 0 Å². The largest absolute Gasteiger partial charge is 0.490 e. The summed E-state index contributed by atoms with van der Waals surface area (Å²) in [6.07, 6.45) is 2.48. The summed E-state index contributed by atoms with van der Waals surface area (Å²) in [4.78, 5) is 8.48. The van der Waals surface area contributed by atoms with E-state index < -0.39 is 0 Å². The Balaban J connectivity index is 2.53. The Hall–Kier alpha value is -1.82. The zero-order valence-corrected chi connectivity index (χ0v) is 12.8. The minimum Gasteiger partial charge on any atom is -0.490 e. The summed E-state index contributed by atoms with van der Waals surface area (Å²) in [5.74, 6) is 1.79. The molecule has 7 heteroatoms. The van der Waals surface area contributed by atoms with Crippen LogP contribution in [0.5, 0.6) is 5.75 Å². The molecule has 1 N–H and O–H groups in total. The van der Waals surface area contributed by atoms with Gasteiger partial charge in [0.25, 0.3) is 0 Å². The van der Waals surface area contributed by atoms with E-state index >= 15 is 0 Å². The summed E-state index contributed by atoms with van der Waals surface area (Å²) < 4.78 is 7.12. The van der Waals surface area contributed by atoms with E-state index in [1.807, 2.05) is 13.8 Å². The quantitative estimate of drug-likeness (QED) is 0.919. The van der Waals surface area contributed by atoms with Crippen LogP contribution in [0.4, 0.5) is 5.82 Å². The SMILES string of the molecule is CCCNc1ncnc(-n2nc(C)c(Cl)c2C)c1OC. The van der Waals surface area contributed by atoms with Crippen molar-refractivity contribution in [1.29, 1.82) is 0 Å². The van der Waals surface area contributed by atoms with Crippen molar-refractivity contribution in [2.75, 3.05) is 19.0 Å². The van der Waals surface area contributed by atoms with Crippen molar-refractivity contribution in [2.24, 2.45) is 0 Å². The molecule has 0 radical (unpaired) electrons. The van der Waals surface area contributed by atoms with Crippen LogP contribution in [-0.4, -0.2) is 33.4 Å². The number of methoxy groups -OCH3 is 1. The van der Waals surface area contributed by atoms with Gasteiger partial charge in [-0.3, -0.25) is 0 Å². The van der Waals surface area contributed by atoms with Gasteiger partial charge < -0.3 is 10.1 Å². The number of aromatic nitrogens is 4. The summed E-state index contributed by atoms with van der Waals surface area (Å²) in [5, 5.41) is 8.24. The Morgan fingerprint density at radius 3 is 2.65 bits per heavy atom. The van der Waals surface area contributed by atoms with Gasteiger partial charge in [-0.25, -0.2) is 14.6 Å². The van der Waals surface area contributed by atoms with Crippen LogP contribution in [-0.2, 0) is 0 Å². The van der Waals surface area contributed by atoms with Gasteiger partial charge in [-0.15, -0.1) is 0 Å². The van der Waals surface area contributed by atoms with Crippen LogP contribution >= 0.6 is 11.6 Å². The van der Waals surface area contributed by atoms with Gasteiger partial charge in [-0.05, 0) is 20.3 Å². The van der Waals surface area contributed by atoms with Crippen molar-refractivity contribution >= 4 is 17.4 Å². The van der Waals surface area contributed by atoms with Crippen LogP contribution in [0.25, 0.3) is 5.82 Å². The van der Waals surface area contributed by atoms with Gasteiger partial charge in [0.15, 0.2) is 5.82 Å². The average Bonchev–Trinajstić information content (AvgIpc) is 2.72. The molecule has 0 unspecified atom stereocenters. The first-order valence-electron chi connectivity index (χ1n) is 6.45. The van der Waals surface area contributed by atoms with Crippen LogP contribution < -0.4 is 10.1 Å². The molecule has 0 aromatic carbocycles. The third-order valence-corrected chi connectivity index (χ3v) is 3.48. The van der Waals surface area contributed by atoms with Gasteiger partial charge in [0, 0.05) is 6.54 Å². The lowest BCUT2D eigenvalue weighted by Gasteiger charge is -2.13. The maximum atomic E-state index is 6.18. The van der Waals surface area contributed by atoms with Crippen LogP contribution in [0.3, 0.4) is 0 Å². The van der Waals surface area contributed by atoms with Crippen LogP contribution in [0.15, 0.2) is 6.33 Å². The molecule has 0 aliphatic carbocycles. The van der Waals surface area contributed by atoms with Crippen molar-refractivity contribution < 1.29 is 4.74 Å². The third kappa shape index (κ3) is 2.56. The van der Waals surface area contributed by atoms with E-state index in [-0.39, 0.29) is 0 Å². The fourth-order valence-corrected chi connectivity index (χ4v) is 2.02. The fraction of sp³-hybridized carbons (Fsp3) is 0.462. The minimum absolute atomic E-state index is 0.559. The van der Waals surface area contributed by atoms with Gasteiger partial charge in [-0.2, -0.15) is 5.10 Å². The van der Waals surface area contributed by atoms with Crippen LogP contribution in [0, 0.1) is 13.8 Å². The van der Waals surface area contributed by atoms with Crippen molar-refractivity contribution in [2.45, 2.75) is 27.2 Å². The zero-order valence-electron chi connectivity index (χ0n) is 12.1. The molecule has 0 fully saturated rings. The smallest absolute Gasteiger partial charge is 0.206 e. The summed E-state index contributed by atoms with van der Waals surface area (Å²) >= 11 is 6.18. The highest BCUT2D eigenvalue weighted by Gasteiger charge is 2.18. The monoisotopic (exact) mass is 295 g/mol. The Morgan fingerprint density at radius 2 is 2.10 bits per heavy atom. The molecule has 0 bridgehead atoms. The summed E-state index contributed by atoms with van der Waals surface area (Å²) in [7, 11) is 1.59. The van der Waals surface area contributed by atoms with E-state index in [0.29, 0.717) is 22.4 Å². The number of hydrogen-bond acceptors (Lipinski definition) is 5. The average molecular weight is 296 g/mol. The van der Waals surface area contributed by atoms with Gasteiger partial charge in [-0.1, -0.05) is 18.5 Å². The number of nitrogens with one attached hydrogen (secondary N) is 1. The molecular formula is C13H18ClN5O. The van der Waals surface area contributed by atoms with E-state index in [0.717, 1.165) is 24.4 Å². The van der Waals surface area contributed by atoms with Crippen molar-refractivity contribution in [3.05, 3.63) is 22.7 Å². The second-order valence-corrected chi connectivity index (χ2v) is 4.78. The highest BCUT2D eigenvalue weighted by Crippen LogP contribution is 2.30. The van der Waals surface area contributed by atoms with Crippen LogP contribution in [0.1, 0.15) is 24.7 Å². The maximum absolute atomic E-state index is 6.18. The van der Waals surface area contributed by atoms with E-state index in [4.69, 9.17) is 16.3 Å². The molecule has 0 saturated carbocycles. The van der Waals surface area contributed by atoms with E-state index in [2.05, 4.69) is 27.3 Å². The summed E-state index contributed by atoms with van der Waals surface area (Å²) in [5.41, 5.74) is 1.58. The number of hydrogen-bond donors (Lipinski definition) is 1. The minimum atomic E-state index is 0.559. The molecule has 0 saturated heterocycles. The van der Waals surface area contributed by atoms with Gasteiger partial charge in [0.1, 0.15) is 6.33 Å². The van der Waals surface area contributed by atoms with E-state index in [1.165, 1.54) is 6.33 Å². The second-order valence-electron chi connectivity index (χ2n) is 4.40. The molecule has 2 aromatic rings. The van der Waals surface area contributed by atoms with Gasteiger partial charge in [0.2, 0.25) is 11.6 Å². The Kier molecular flexibility index (Phi) is 4.44. The highest BCUT2D eigenvalue weighted by atomic mass is 35.5. The van der Waals surface area contributed by atoms with E-state index in [9.17, 15) is 0 Å². The van der Waals surface area contributed by atoms with Crippen molar-refractivity contribution in [3.63, 3.8) is 0 Å². The molecule has 2 heterocycles. The standard InChI is InChI=1S/C13H18ClN5O/c1-5-6-15-12-11(20-4)13(17-7-16-12)19-9(3)10(14)8(2)18-19/h7H,5-6H2,1-4H3,(H,15,16,17).